The molecule has 0 spiro atoms. The largest absolute Gasteiger partial charge is 0.461 e. The van der Waals surface area contributed by atoms with Gasteiger partial charge in [-0.2, -0.15) is 0 Å². The summed E-state index contributed by atoms with van der Waals surface area (Å²) in [5.74, 6) is -1.27. The van der Waals surface area contributed by atoms with Crippen LogP contribution in [0.3, 0.4) is 0 Å². The third kappa shape index (κ3) is 5.78. The number of rotatable bonds is 10. The van der Waals surface area contributed by atoms with Gasteiger partial charge in [-0.05, 0) is 6.92 Å². The van der Waals surface area contributed by atoms with E-state index in [1.165, 1.54) is 17.4 Å². The molecule has 0 atom stereocenters. The first kappa shape index (κ1) is 22.8. The third-order valence-corrected chi connectivity index (χ3v) is 4.62. The number of aromatic nitrogens is 1. The zero-order valence-corrected chi connectivity index (χ0v) is 16.9. The summed E-state index contributed by atoms with van der Waals surface area (Å²) < 4.78 is 9.87. The van der Waals surface area contributed by atoms with Crippen LogP contribution in [-0.2, 0) is 16.0 Å². The Labute approximate surface area is 174 Å². The average molecular weight is 438 g/mol. The highest BCUT2D eigenvalue weighted by Crippen LogP contribution is 2.24. The van der Waals surface area contributed by atoms with Crippen molar-refractivity contribution < 1.29 is 28.9 Å². The number of esters is 1. The zero-order valence-electron chi connectivity index (χ0n) is 16.1. The highest BCUT2D eigenvalue weighted by atomic mass is 32.1. The van der Waals surface area contributed by atoms with Gasteiger partial charge in [0.15, 0.2) is 5.69 Å². The molecule has 12 nitrogen and oxygen atoms in total. The van der Waals surface area contributed by atoms with Crippen molar-refractivity contribution in [2.24, 2.45) is 0 Å². The number of carbonyl (C=O) groups is 2. The normalized spacial score (nSPS) is 10.5. The van der Waals surface area contributed by atoms with Crippen LogP contribution in [0.15, 0.2) is 23.6 Å². The Balaban J connectivity index is 2.32. The number of ether oxygens (including phenoxy) is 2. The molecule has 0 aliphatic rings. The molecule has 0 N–H and O–H groups in total. The lowest BCUT2D eigenvalue weighted by atomic mass is 10.1. The number of hydrogen-bond acceptors (Lipinski definition) is 10. The molecular weight excluding hydrogens is 420 g/mol. The van der Waals surface area contributed by atoms with Crippen molar-refractivity contribution in [1.29, 1.82) is 0 Å². The summed E-state index contributed by atoms with van der Waals surface area (Å²) in [6.07, 6.45) is 0. The van der Waals surface area contributed by atoms with E-state index < -0.39 is 33.1 Å². The van der Waals surface area contributed by atoms with Gasteiger partial charge in [0.05, 0.1) is 41.2 Å². The summed E-state index contributed by atoms with van der Waals surface area (Å²) in [5, 5.41) is 24.1. The van der Waals surface area contributed by atoms with Gasteiger partial charge in [0.25, 0.3) is 17.3 Å². The molecule has 2 rings (SSSR count). The van der Waals surface area contributed by atoms with Crippen LogP contribution in [0.25, 0.3) is 0 Å². The predicted molar refractivity (Wildman–Crippen MR) is 104 cm³/mol. The SMILES string of the molecule is CCOC(=O)c1csc(CN(CCOC)C(=O)c2cc([N+](=O)[O-])cc([N+](=O)[O-])c2)n1. The van der Waals surface area contributed by atoms with Crippen molar-refractivity contribution in [1.82, 2.24) is 9.88 Å². The van der Waals surface area contributed by atoms with Crippen molar-refractivity contribution in [3.8, 4) is 0 Å². The number of carbonyl (C=O) groups excluding carboxylic acids is 2. The van der Waals surface area contributed by atoms with Gasteiger partial charge >= 0.3 is 5.97 Å². The van der Waals surface area contributed by atoms with Gasteiger partial charge in [-0.15, -0.1) is 11.3 Å². The fourth-order valence-corrected chi connectivity index (χ4v) is 3.19. The molecule has 1 aromatic carbocycles. The molecule has 0 fully saturated rings. The molecule has 30 heavy (non-hydrogen) atoms. The second-order valence-corrected chi connectivity index (χ2v) is 6.76. The van der Waals surface area contributed by atoms with E-state index in [4.69, 9.17) is 9.47 Å². The molecule has 13 heteroatoms. The summed E-state index contributed by atoms with van der Waals surface area (Å²) in [7, 11) is 1.43. The van der Waals surface area contributed by atoms with Crippen LogP contribution in [0.4, 0.5) is 11.4 Å². The van der Waals surface area contributed by atoms with Gasteiger partial charge in [0, 0.05) is 31.2 Å². The van der Waals surface area contributed by atoms with Gasteiger partial charge in [-0.1, -0.05) is 0 Å². The first-order valence-electron chi connectivity index (χ1n) is 8.60. The average Bonchev–Trinajstić information content (AvgIpc) is 3.19. The quantitative estimate of drug-likeness (QED) is 0.309. The molecule has 0 aliphatic heterocycles. The summed E-state index contributed by atoms with van der Waals surface area (Å²) in [6, 6.07) is 2.73. The highest BCUT2D eigenvalue weighted by molar-refractivity contribution is 7.09. The second-order valence-electron chi connectivity index (χ2n) is 5.82. The lowest BCUT2D eigenvalue weighted by Gasteiger charge is -2.21. The maximum atomic E-state index is 13.0. The number of nitrogens with zero attached hydrogens (tertiary/aromatic N) is 4. The Hall–Kier alpha value is -3.45. The fourth-order valence-electron chi connectivity index (χ4n) is 2.41. The van der Waals surface area contributed by atoms with E-state index in [-0.39, 0.29) is 37.6 Å². The van der Waals surface area contributed by atoms with E-state index in [1.807, 2.05) is 0 Å². The van der Waals surface area contributed by atoms with Crippen molar-refractivity contribution in [3.05, 3.63) is 60.1 Å². The molecule has 0 saturated carbocycles. The topological polar surface area (TPSA) is 155 Å². The van der Waals surface area contributed by atoms with Crippen LogP contribution in [-0.4, -0.2) is 58.5 Å². The van der Waals surface area contributed by atoms with Crippen LogP contribution in [0.1, 0.15) is 32.8 Å². The highest BCUT2D eigenvalue weighted by Gasteiger charge is 2.24. The number of thiazole rings is 1. The number of nitro benzene ring substituents is 2. The second kappa shape index (κ2) is 10.4. The van der Waals surface area contributed by atoms with Crippen molar-refractivity contribution >= 4 is 34.6 Å². The minimum atomic E-state index is -0.810. The lowest BCUT2D eigenvalue weighted by Crippen LogP contribution is -2.33. The summed E-state index contributed by atoms with van der Waals surface area (Å²) >= 11 is 1.13. The maximum Gasteiger partial charge on any atom is 0.357 e. The Morgan fingerprint density at radius 1 is 1.17 bits per heavy atom. The number of non-ortho nitro benzene ring substituents is 2. The van der Waals surface area contributed by atoms with Gasteiger partial charge in [0.2, 0.25) is 0 Å². The number of nitro groups is 2. The third-order valence-electron chi connectivity index (χ3n) is 3.79. The molecule has 0 unspecified atom stereocenters. The van der Waals surface area contributed by atoms with Crippen molar-refractivity contribution in [2.75, 3.05) is 26.9 Å². The van der Waals surface area contributed by atoms with Gasteiger partial charge in [0.1, 0.15) is 5.01 Å². The van der Waals surface area contributed by atoms with E-state index in [0.717, 1.165) is 29.5 Å². The predicted octanol–water partition coefficient (Wildman–Crippen LogP) is 2.43. The van der Waals surface area contributed by atoms with E-state index in [0.29, 0.717) is 5.01 Å². The number of amides is 1. The molecular formula is C17H18N4O8S. The standard InChI is InChI=1S/C17H18N4O8S/c1-3-29-17(23)14-10-30-15(18-14)9-19(4-5-28-2)16(22)11-6-12(20(24)25)8-13(7-11)21(26)27/h6-8,10H,3-5,9H2,1-2H3. The van der Waals surface area contributed by atoms with E-state index in [2.05, 4.69) is 4.98 Å². The summed E-state index contributed by atoms with van der Waals surface area (Å²) in [6.45, 7) is 2.08. The number of benzene rings is 1. The monoisotopic (exact) mass is 438 g/mol. The number of methoxy groups -OCH3 is 1. The van der Waals surface area contributed by atoms with E-state index in [1.54, 1.807) is 6.92 Å². The molecule has 0 radical (unpaired) electrons. The number of hydrogen-bond donors (Lipinski definition) is 0. The van der Waals surface area contributed by atoms with Gasteiger partial charge in [-0.3, -0.25) is 25.0 Å². The molecule has 0 saturated heterocycles. The van der Waals surface area contributed by atoms with Crippen molar-refractivity contribution in [2.45, 2.75) is 13.5 Å². The first-order valence-corrected chi connectivity index (χ1v) is 9.48. The van der Waals surface area contributed by atoms with Crippen LogP contribution in [0, 0.1) is 20.2 Å². The lowest BCUT2D eigenvalue weighted by molar-refractivity contribution is -0.394. The molecule has 1 aromatic heterocycles. The van der Waals surface area contributed by atoms with Crippen LogP contribution in [0.2, 0.25) is 0 Å². The van der Waals surface area contributed by atoms with Crippen LogP contribution >= 0.6 is 11.3 Å². The Bertz CT molecular complexity index is 929. The Kier molecular flexibility index (Phi) is 7.89. The minimum Gasteiger partial charge on any atom is -0.461 e. The Morgan fingerprint density at radius 3 is 2.33 bits per heavy atom. The molecule has 1 heterocycles. The maximum absolute atomic E-state index is 13.0. The van der Waals surface area contributed by atoms with Gasteiger partial charge < -0.3 is 14.4 Å². The first-order chi connectivity index (χ1) is 14.3. The van der Waals surface area contributed by atoms with Gasteiger partial charge in [-0.25, -0.2) is 9.78 Å². The summed E-state index contributed by atoms with van der Waals surface area (Å²) in [4.78, 5) is 50.7. The molecule has 160 valence electrons. The molecule has 1 amide bonds. The Morgan fingerprint density at radius 2 is 1.80 bits per heavy atom. The molecule has 2 aromatic rings. The van der Waals surface area contributed by atoms with Crippen molar-refractivity contribution in [3.63, 3.8) is 0 Å². The van der Waals surface area contributed by atoms with E-state index in [9.17, 15) is 29.8 Å². The smallest absolute Gasteiger partial charge is 0.357 e. The molecule has 0 bridgehead atoms. The zero-order chi connectivity index (χ0) is 22.3. The summed E-state index contributed by atoms with van der Waals surface area (Å²) in [5.41, 5.74) is -1.26. The van der Waals surface area contributed by atoms with Crippen LogP contribution in [0.5, 0.6) is 0 Å². The minimum absolute atomic E-state index is 0.0250. The van der Waals surface area contributed by atoms with E-state index >= 15 is 0 Å². The van der Waals surface area contributed by atoms with Crippen LogP contribution < -0.4 is 0 Å². The fraction of sp³-hybridized carbons (Fsp3) is 0.353. The molecule has 0 aliphatic carbocycles.